The highest BCUT2D eigenvalue weighted by Crippen LogP contribution is 2.19. The molecule has 0 unspecified atom stereocenters. The van der Waals surface area contributed by atoms with Crippen LogP contribution < -0.4 is 10.1 Å². The van der Waals surface area contributed by atoms with Crippen molar-refractivity contribution in [1.29, 1.82) is 0 Å². The second kappa shape index (κ2) is 6.27. The first kappa shape index (κ1) is 16.2. The molecule has 0 aliphatic heterocycles. The summed E-state index contributed by atoms with van der Waals surface area (Å²) in [6, 6.07) is 4.12. The van der Waals surface area contributed by atoms with Crippen molar-refractivity contribution in [1.82, 2.24) is 9.55 Å². The zero-order valence-corrected chi connectivity index (χ0v) is 12.1. The smallest absolute Gasteiger partial charge is 0.422 e. The number of hydrogen-bond acceptors (Lipinski definition) is 3. The molecule has 1 amide bonds. The molecule has 0 fully saturated rings. The van der Waals surface area contributed by atoms with E-state index >= 15 is 0 Å². The molecule has 2 heterocycles. The van der Waals surface area contributed by atoms with Gasteiger partial charge in [-0.3, -0.25) is 4.79 Å². The molecule has 0 aliphatic rings. The molecule has 0 bridgehead atoms. The number of pyridine rings is 1. The zero-order chi connectivity index (χ0) is 16.3. The van der Waals surface area contributed by atoms with Gasteiger partial charge in [0.25, 0.3) is 5.91 Å². The highest BCUT2D eigenvalue weighted by molar-refractivity contribution is 6.31. The van der Waals surface area contributed by atoms with E-state index in [1.54, 1.807) is 17.8 Å². The summed E-state index contributed by atoms with van der Waals surface area (Å²) in [5.74, 6) is -0.600. The number of nitrogens with one attached hydrogen (secondary N) is 1. The number of halogens is 4. The average Bonchev–Trinajstić information content (AvgIpc) is 2.76. The van der Waals surface area contributed by atoms with Crippen LogP contribution in [-0.4, -0.2) is 28.2 Å². The summed E-state index contributed by atoms with van der Waals surface area (Å²) in [5, 5.41) is 2.97. The van der Waals surface area contributed by atoms with Crippen molar-refractivity contribution in [3.63, 3.8) is 0 Å². The summed E-state index contributed by atoms with van der Waals surface area (Å²) in [6.45, 7) is -1.42. The quantitative estimate of drug-likeness (QED) is 0.934. The van der Waals surface area contributed by atoms with E-state index in [0.717, 1.165) is 0 Å². The number of ether oxygens (including phenoxy) is 1. The van der Waals surface area contributed by atoms with E-state index in [1.807, 2.05) is 0 Å². The fraction of sp³-hybridized carbons (Fsp3) is 0.231. The van der Waals surface area contributed by atoms with Gasteiger partial charge >= 0.3 is 6.18 Å². The molecule has 9 heteroatoms. The molecule has 5 nitrogen and oxygen atoms in total. The normalized spacial score (nSPS) is 11.3. The Morgan fingerprint density at radius 1 is 1.45 bits per heavy atom. The largest absolute Gasteiger partial charge is 0.468 e. The van der Waals surface area contributed by atoms with Crippen molar-refractivity contribution in [2.75, 3.05) is 11.9 Å². The number of amides is 1. The molecule has 118 valence electrons. The summed E-state index contributed by atoms with van der Waals surface area (Å²) in [6.07, 6.45) is -1.66. The predicted octanol–water partition coefficient (Wildman–Crippen LogP) is 3.27. The highest BCUT2D eigenvalue weighted by Gasteiger charge is 2.28. The minimum Gasteiger partial charge on any atom is -0.468 e. The first-order valence-electron chi connectivity index (χ1n) is 6.03. The Morgan fingerprint density at radius 2 is 2.18 bits per heavy atom. The predicted molar refractivity (Wildman–Crippen MR) is 74.2 cm³/mol. The molecule has 0 aromatic carbocycles. The molecule has 1 N–H and O–H groups in total. The van der Waals surface area contributed by atoms with Crippen LogP contribution in [0.2, 0.25) is 5.02 Å². The van der Waals surface area contributed by atoms with E-state index < -0.39 is 18.7 Å². The van der Waals surface area contributed by atoms with Crippen LogP contribution in [0.25, 0.3) is 0 Å². The Labute approximate surface area is 128 Å². The van der Waals surface area contributed by atoms with Crippen LogP contribution in [-0.2, 0) is 7.05 Å². The molecule has 2 aromatic heterocycles. The van der Waals surface area contributed by atoms with Gasteiger partial charge in [-0.05, 0) is 12.1 Å². The van der Waals surface area contributed by atoms with Gasteiger partial charge in [-0.2, -0.15) is 13.2 Å². The zero-order valence-electron chi connectivity index (χ0n) is 11.3. The van der Waals surface area contributed by atoms with Crippen molar-refractivity contribution in [3.05, 3.63) is 41.3 Å². The molecule has 0 aliphatic carbocycles. The Bertz CT molecular complexity index is 668. The Kier molecular flexibility index (Phi) is 4.60. The molecule has 0 spiro atoms. The second-order valence-corrected chi connectivity index (χ2v) is 4.83. The molecule has 0 atom stereocenters. The number of carbonyl (C=O) groups is 1. The lowest BCUT2D eigenvalue weighted by Gasteiger charge is -2.09. The van der Waals surface area contributed by atoms with Crippen LogP contribution in [0.3, 0.4) is 0 Å². The number of alkyl halides is 3. The lowest BCUT2D eigenvalue weighted by molar-refractivity contribution is -0.154. The van der Waals surface area contributed by atoms with Crippen LogP contribution in [0, 0.1) is 0 Å². The fourth-order valence-corrected chi connectivity index (χ4v) is 1.89. The molecule has 0 radical (unpaired) electrons. The molecule has 22 heavy (non-hydrogen) atoms. The monoisotopic (exact) mass is 333 g/mol. The van der Waals surface area contributed by atoms with Crippen LogP contribution in [0.1, 0.15) is 10.5 Å². The third-order valence-electron chi connectivity index (χ3n) is 2.58. The van der Waals surface area contributed by atoms with Gasteiger partial charge in [0.05, 0.1) is 16.9 Å². The summed E-state index contributed by atoms with van der Waals surface area (Å²) < 4.78 is 42.0. The molecule has 2 aromatic rings. The SMILES string of the molecule is Cn1cc(Cl)cc1C(=O)Nc1ccc(OCC(F)(F)F)nc1. The third-order valence-corrected chi connectivity index (χ3v) is 2.79. The van der Waals surface area contributed by atoms with E-state index in [0.29, 0.717) is 16.4 Å². The number of carbonyl (C=O) groups excluding carboxylic acids is 1. The van der Waals surface area contributed by atoms with E-state index in [1.165, 1.54) is 24.4 Å². The first-order chi connectivity index (χ1) is 10.2. The maximum Gasteiger partial charge on any atom is 0.422 e. The van der Waals surface area contributed by atoms with Gasteiger partial charge in [-0.25, -0.2) is 4.98 Å². The van der Waals surface area contributed by atoms with Crippen LogP contribution in [0.5, 0.6) is 5.88 Å². The molecule has 0 saturated heterocycles. The maximum atomic E-state index is 12.0. The van der Waals surface area contributed by atoms with Crippen LogP contribution in [0.15, 0.2) is 30.6 Å². The van der Waals surface area contributed by atoms with Crippen molar-refractivity contribution in [2.45, 2.75) is 6.18 Å². The number of anilines is 1. The van der Waals surface area contributed by atoms with Crippen LogP contribution in [0.4, 0.5) is 18.9 Å². The Morgan fingerprint density at radius 3 is 2.68 bits per heavy atom. The summed E-state index contributed by atoms with van der Waals surface area (Å²) in [4.78, 5) is 15.7. The Balaban J connectivity index is 1.99. The summed E-state index contributed by atoms with van der Waals surface area (Å²) >= 11 is 5.78. The third kappa shape index (κ3) is 4.39. The van der Waals surface area contributed by atoms with Gasteiger partial charge in [0.2, 0.25) is 5.88 Å². The van der Waals surface area contributed by atoms with Crippen LogP contribution >= 0.6 is 11.6 Å². The maximum absolute atomic E-state index is 12.0. The fourth-order valence-electron chi connectivity index (χ4n) is 1.64. The lowest BCUT2D eigenvalue weighted by atomic mass is 10.3. The van der Waals surface area contributed by atoms with Gasteiger partial charge in [0, 0.05) is 19.3 Å². The highest BCUT2D eigenvalue weighted by atomic mass is 35.5. The van der Waals surface area contributed by atoms with E-state index in [2.05, 4.69) is 15.0 Å². The second-order valence-electron chi connectivity index (χ2n) is 4.40. The Hall–Kier alpha value is -2.22. The number of rotatable bonds is 4. The molecule has 2 rings (SSSR count). The van der Waals surface area contributed by atoms with Crippen molar-refractivity contribution >= 4 is 23.2 Å². The minimum absolute atomic E-state index is 0.183. The molecular formula is C13H11ClF3N3O2. The number of aryl methyl sites for hydroxylation is 1. The number of aromatic nitrogens is 2. The lowest BCUT2D eigenvalue weighted by Crippen LogP contribution is -2.19. The molecular weight excluding hydrogens is 323 g/mol. The van der Waals surface area contributed by atoms with Gasteiger partial charge in [-0.1, -0.05) is 11.6 Å². The van der Waals surface area contributed by atoms with Crippen molar-refractivity contribution in [2.24, 2.45) is 7.05 Å². The minimum atomic E-state index is -4.43. The van der Waals surface area contributed by atoms with Gasteiger partial charge in [0.1, 0.15) is 5.69 Å². The molecule has 0 saturated carbocycles. The van der Waals surface area contributed by atoms with Gasteiger partial charge in [0.15, 0.2) is 6.61 Å². The van der Waals surface area contributed by atoms with E-state index in [9.17, 15) is 18.0 Å². The standard InChI is InChI=1S/C13H11ClF3N3O2/c1-20-6-8(14)4-10(20)12(21)19-9-2-3-11(18-5-9)22-7-13(15,16)17/h2-6H,7H2,1H3,(H,19,21). The number of nitrogens with zero attached hydrogens (tertiary/aromatic N) is 2. The van der Waals surface area contributed by atoms with Crippen molar-refractivity contribution in [3.8, 4) is 5.88 Å². The topological polar surface area (TPSA) is 56.2 Å². The van der Waals surface area contributed by atoms with E-state index in [-0.39, 0.29) is 5.88 Å². The van der Waals surface area contributed by atoms with E-state index in [4.69, 9.17) is 11.6 Å². The summed E-state index contributed by atoms with van der Waals surface area (Å²) in [5.41, 5.74) is 0.657. The first-order valence-corrected chi connectivity index (χ1v) is 6.41. The van der Waals surface area contributed by atoms with Gasteiger partial charge in [-0.15, -0.1) is 0 Å². The average molecular weight is 334 g/mol. The van der Waals surface area contributed by atoms with Crippen molar-refractivity contribution < 1.29 is 22.7 Å². The number of hydrogen-bond donors (Lipinski definition) is 1. The summed E-state index contributed by atoms with van der Waals surface area (Å²) in [7, 11) is 1.66. The van der Waals surface area contributed by atoms with Gasteiger partial charge < -0.3 is 14.6 Å².